The molecule has 148 valence electrons. The molecule has 5 nitrogen and oxygen atoms in total. The monoisotopic (exact) mass is 497 g/mol. The molecule has 1 heterocycles. The lowest BCUT2D eigenvalue weighted by atomic mass is 9.99. The summed E-state index contributed by atoms with van der Waals surface area (Å²) in [4.78, 5) is 4.27. The molecule has 0 saturated carbocycles. The Hall–Kier alpha value is -0.740. The highest BCUT2D eigenvalue weighted by Crippen LogP contribution is 2.32. The van der Waals surface area contributed by atoms with E-state index in [2.05, 4.69) is 21.9 Å². The van der Waals surface area contributed by atoms with Gasteiger partial charge in [0.15, 0.2) is 5.96 Å². The van der Waals surface area contributed by atoms with E-state index in [1.165, 1.54) is 12.1 Å². The van der Waals surface area contributed by atoms with Gasteiger partial charge in [0.05, 0.1) is 6.54 Å². The van der Waals surface area contributed by atoms with Crippen LogP contribution in [0, 0.1) is 5.82 Å². The molecule has 0 amide bonds. The number of halogens is 2. The fraction of sp³-hybridized carbons (Fsp3) is 0.611. The van der Waals surface area contributed by atoms with Gasteiger partial charge in [0.1, 0.15) is 17.7 Å². The first kappa shape index (κ1) is 23.3. The lowest BCUT2D eigenvalue weighted by molar-refractivity contribution is 0.0782. The van der Waals surface area contributed by atoms with Gasteiger partial charge >= 0.3 is 0 Å². The van der Waals surface area contributed by atoms with Gasteiger partial charge in [-0.15, -0.1) is 24.0 Å². The number of nitrogens with one attached hydrogen (secondary N) is 2. The van der Waals surface area contributed by atoms with E-state index < -0.39 is 0 Å². The largest absolute Gasteiger partial charge is 0.489 e. The molecular formula is C18H29FIN3O2S. The van der Waals surface area contributed by atoms with E-state index in [-0.39, 0.29) is 40.6 Å². The van der Waals surface area contributed by atoms with E-state index in [1.54, 1.807) is 19.2 Å². The number of rotatable bonds is 7. The standard InChI is InChI=1S/C18H28FN3O2S.HI/c1-14(24-16-6-4-5-15(19)11-16)12-21-17(20-2)22-13-18(25-3)7-9-23-10-8-18;/h4-6,11,14H,7-10,12-13H2,1-3H3,(H2,20,21,22);1H. The molecule has 1 aliphatic heterocycles. The van der Waals surface area contributed by atoms with Crippen LogP contribution in [0.5, 0.6) is 5.75 Å². The molecule has 8 heteroatoms. The third-order valence-corrected chi connectivity index (χ3v) is 5.75. The SMILES string of the molecule is CN=C(NCC(C)Oc1cccc(F)c1)NCC1(SC)CCOCC1.I. The number of hydrogen-bond donors (Lipinski definition) is 2. The summed E-state index contributed by atoms with van der Waals surface area (Å²) in [5, 5.41) is 6.67. The second kappa shape index (κ2) is 11.9. The number of hydrogen-bond acceptors (Lipinski definition) is 4. The zero-order chi connectivity index (χ0) is 18.1. The summed E-state index contributed by atoms with van der Waals surface area (Å²) >= 11 is 1.89. The smallest absolute Gasteiger partial charge is 0.191 e. The molecule has 1 saturated heterocycles. The minimum atomic E-state index is -0.297. The Labute approximate surface area is 176 Å². The van der Waals surface area contributed by atoms with Crippen LogP contribution in [-0.2, 0) is 4.74 Å². The summed E-state index contributed by atoms with van der Waals surface area (Å²) in [6.45, 7) is 4.98. The van der Waals surface area contributed by atoms with Crippen molar-refractivity contribution in [2.45, 2.75) is 30.6 Å². The summed E-state index contributed by atoms with van der Waals surface area (Å²) in [5.74, 6) is 0.976. The number of benzene rings is 1. The van der Waals surface area contributed by atoms with Gasteiger partial charge in [-0.2, -0.15) is 11.8 Å². The molecule has 1 atom stereocenters. The minimum absolute atomic E-state index is 0. The van der Waals surface area contributed by atoms with Crippen LogP contribution >= 0.6 is 35.7 Å². The van der Waals surface area contributed by atoms with E-state index in [4.69, 9.17) is 9.47 Å². The highest BCUT2D eigenvalue weighted by atomic mass is 127. The maximum Gasteiger partial charge on any atom is 0.191 e. The van der Waals surface area contributed by atoms with Crippen LogP contribution < -0.4 is 15.4 Å². The van der Waals surface area contributed by atoms with Crippen LogP contribution in [0.25, 0.3) is 0 Å². The topological polar surface area (TPSA) is 54.9 Å². The molecule has 1 unspecified atom stereocenters. The first-order chi connectivity index (χ1) is 12.1. The third kappa shape index (κ3) is 7.48. The Morgan fingerprint density at radius 1 is 1.38 bits per heavy atom. The molecule has 1 aromatic rings. The van der Waals surface area contributed by atoms with E-state index in [9.17, 15) is 4.39 Å². The average Bonchev–Trinajstić information content (AvgIpc) is 2.62. The van der Waals surface area contributed by atoms with Gasteiger partial charge in [-0.3, -0.25) is 4.99 Å². The van der Waals surface area contributed by atoms with Gasteiger partial charge in [0.2, 0.25) is 0 Å². The van der Waals surface area contributed by atoms with Gasteiger partial charge < -0.3 is 20.1 Å². The molecule has 0 aliphatic carbocycles. The number of aliphatic imine (C=N–C) groups is 1. The van der Waals surface area contributed by atoms with Crippen LogP contribution in [0.3, 0.4) is 0 Å². The quantitative estimate of drug-likeness (QED) is 0.344. The van der Waals surface area contributed by atoms with Crippen molar-refractivity contribution in [3.8, 4) is 5.75 Å². The van der Waals surface area contributed by atoms with Gasteiger partial charge in [-0.25, -0.2) is 4.39 Å². The van der Waals surface area contributed by atoms with Crippen molar-refractivity contribution >= 4 is 41.7 Å². The molecule has 1 aromatic carbocycles. The van der Waals surface area contributed by atoms with Crippen molar-refractivity contribution in [1.82, 2.24) is 10.6 Å². The van der Waals surface area contributed by atoms with Crippen molar-refractivity contribution in [2.24, 2.45) is 4.99 Å². The zero-order valence-corrected chi connectivity index (χ0v) is 18.7. The van der Waals surface area contributed by atoms with Crippen molar-refractivity contribution < 1.29 is 13.9 Å². The predicted molar refractivity (Wildman–Crippen MR) is 118 cm³/mol. The van der Waals surface area contributed by atoms with Crippen LogP contribution in [-0.4, -0.2) is 56.4 Å². The van der Waals surface area contributed by atoms with Crippen LogP contribution in [0.4, 0.5) is 4.39 Å². The van der Waals surface area contributed by atoms with Crippen molar-refractivity contribution in [3.05, 3.63) is 30.1 Å². The van der Waals surface area contributed by atoms with E-state index in [1.807, 2.05) is 18.7 Å². The van der Waals surface area contributed by atoms with Gasteiger partial charge in [0, 0.05) is 37.6 Å². The first-order valence-corrected chi connectivity index (χ1v) is 9.79. The molecule has 0 bridgehead atoms. The highest BCUT2D eigenvalue weighted by Gasteiger charge is 2.31. The van der Waals surface area contributed by atoms with Crippen molar-refractivity contribution in [1.29, 1.82) is 0 Å². The lowest BCUT2D eigenvalue weighted by Crippen LogP contribution is -2.49. The zero-order valence-electron chi connectivity index (χ0n) is 15.6. The van der Waals surface area contributed by atoms with Crippen LogP contribution in [0.1, 0.15) is 19.8 Å². The minimum Gasteiger partial charge on any atom is -0.489 e. The predicted octanol–water partition coefficient (Wildman–Crippen LogP) is 3.29. The molecule has 1 fully saturated rings. The third-order valence-electron chi connectivity index (χ3n) is 4.33. The Bertz CT molecular complexity index is 571. The first-order valence-electron chi connectivity index (χ1n) is 8.56. The molecule has 26 heavy (non-hydrogen) atoms. The molecular weight excluding hydrogens is 468 g/mol. The summed E-state index contributed by atoms with van der Waals surface area (Å²) in [6, 6.07) is 6.18. The summed E-state index contributed by atoms with van der Waals surface area (Å²) in [7, 11) is 1.75. The lowest BCUT2D eigenvalue weighted by Gasteiger charge is -2.36. The molecule has 2 rings (SSSR count). The van der Waals surface area contributed by atoms with E-state index in [0.29, 0.717) is 12.3 Å². The summed E-state index contributed by atoms with van der Waals surface area (Å²) < 4.78 is 24.6. The van der Waals surface area contributed by atoms with Crippen molar-refractivity contribution in [3.63, 3.8) is 0 Å². The summed E-state index contributed by atoms with van der Waals surface area (Å²) in [5.41, 5.74) is 0. The fourth-order valence-corrected chi connectivity index (χ4v) is 3.51. The second-order valence-electron chi connectivity index (χ2n) is 6.19. The highest BCUT2D eigenvalue weighted by molar-refractivity contribution is 14.0. The Kier molecular flexibility index (Phi) is 10.6. The molecule has 1 aliphatic rings. The summed E-state index contributed by atoms with van der Waals surface area (Å²) in [6.07, 6.45) is 4.12. The maximum atomic E-state index is 13.2. The van der Waals surface area contributed by atoms with E-state index >= 15 is 0 Å². The Morgan fingerprint density at radius 3 is 2.73 bits per heavy atom. The fourth-order valence-electron chi connectivity index (χ4n) is 2.72. The number of thioether (sulfide) groups is 1. The number of ether oxygens (including phenoxy) is 2. The molecule has 0 radical (unpaired) electrons. The normalized spacial score (nSPS) is 17.8. The van der Waals surface area contributed by atoms with Crippen LogP contribution in [0.15, 0.2) is 29.3 Å². The average molecular weight is 497 g/mol. The van der Waals surface area contributed by atoms with E-state index in [0.717, 1.165) is 38.6 Å². The van der Waals surface area contributed by atoms with Crippen molar-refractivity contribution in [2.75, 3.05) is 39.6 Å². The maximum absolute atomic E-state index is 13.2. The Morgan fingerprint density at radius 2 is 2.12 bits per heavy atom. The van der Waals surface area contributed by atoms with Gasteiger partial charge in [-0.05, 0) is 38.2 Å². The molecule has 2 N–H and O–H groups in total. The van der Waals surface area contributed by atoms with Gasteiger partial charge in [0.25, 0.3) is 0 Å². The number of guanidine groups is 1. The Balaban J connectivity index is 0.00000338. The van der Waals surface area contributed by atoms with Crippen LogP contribution in [0.2, 0.25) is 0 Å². The van der Waals surface area contributed by atoms with Gasteiger partial charge in [-0.1, -0.05) is 6.07 Å². The second-order valence-corrected chi connectivity index (χ2v) is 7.47. The molecule has 0 aromatic heterocycles. The number of nitrogens with zero attached hydrogens (tertiary/aromatic N) is 1. The molecule has 0 spiro atoms.